The Balaban J connectivity index is 1.44. The molecule has 4 rings (SSSR count). The predicted molar refractivity (Wildman–Crippen MR) is 135 cm³/mol. The molecule has 8 heteroatoms. The molecule has 2 heterocycles. The molecule has 32 heavy (non-hydrogen) atoms. The highest BCUT2D eigenvalue weighted by atomic mass is 35.5. The average molecular weight is 465 g/mol. The second-order valence-corrected chi connectivity index (χ2v) is 8.53. The van der Waals surface area contributed by atoms with Gasteiger partial charge in [-0.1, -0.05) is 66.2 Å². The number of hydrogen-bond acceptors (Lipinski definition) is 3. The molecule has 0 aliphatic heterocycles. The Hall–Kier alpha value is -3.16. The van der Waals surface area contributed by atoms with Crippen LogP contribution in [0.25, 0.3) is 0 Å². The quantitative estimate of drug-likeness (QED) is 0.365. The van der Waals surface area contributed by atoms with Crippen LogP contribution in [-0.2, 0) is 13.1 Å². The zero-order valence-corrected chi connectivity index (χ0v) is 19.8. The molecule has 4 aromatic rings. The third-order valence-electron chi connectivity index (χ3n) is 5.34. The predicted octanol–water partition coefficient (Wildman–Crippen LogP) is 5.56. The van der Waals surface area contributed by atoms with E-state index in [0.29, 0.717) is 29.0 Å². The minimum absolute atomic E-state index is 0.415. The van der Waals surface area contributed by atoms with Gasteiger partial charge in [-0.3, -0.25) is 9.36 Å². The van der Waals surface area contributed by atoms with Crippen LogP contribution in [-0.4, -0.2) is 24.7 Å². The molecule has 0 amide bonds. The van der Waals surface area contributed by atoms with E-state index < -0.39 is 0 Å². The first-order valence-corrected chi connectivity index (χ1v) is 11.1. The van der Waals surface area contributed by atoms with E-state index in [0.717, 1.165) is 22.6 Å². The average Bonchev–Trinajstić information content (AvgIpc) is 3.23. The minimum Gasteiger partial charge on any atom is -0.329 e. The molecule has 164 valence electrons. The van der Waals surface area contributed by atoms with Gasteiger partial charge in [0.1, 0.15) is 5.02 Å². The highest BCUT2D eigenvalue weighted by Crippen LogP contribution is 2.23. The van der Waals surface area contributed by atoms with E-state index in [2.05, 4.69) is 46.9 Å². The molecule has 0 spiro atoms. The number of rotatable bonds is 6. The molecule has 2 aromatic carbocycles. The molecule has 0 unspecified atom stereocenters. The van der Waals surface area contributed by atoms with Gasteiger partial charge in [-0.15, -0.1) is 0 Å². The lowest BCUT2D eigenvalue weighted by Gasteiger charge is -2.11. The molecule has 6 nitrogen and oxygen atoms in total. The monoisotopic (exact) mass is 464 g/mol. The number of nitrogens with zero attached hydrogens (tertiary/aromatic N) is 4. The normalized spacial score (nSPS) is 10.9. The molecule has 0 atom stereocenters. The Morgan fingerprint density at radius 3 is 2.41 bits per heavy atom. The Bertz CT molecular complexity index is 1240. The summed E-state index contributed by atoms with van der Waals surface area (Å²) in [5.41, 5.74) is 6.40. The maximum Gasteiger partial charge on any atom is 0.176 e. The van der Waals surface area contributed by atoms with Crippen molar-refractivity contribution in [2.24, 2.45) is 0 Å². The van der Waals surface area contributed by atoms with Crippen molar-refractivity contribution in [3.8, 4) is 0 Å². The lowest BCUT2D eigenvalue weighted by atomic mass is 10.1. The van der Waals surface area contributed by atoms with Crippen LogP contribution in [0.15, 0.2) is 60.8 Å². The van der Waals surface area contributed by atoms with Crippen LogP contribution in [0.5, 0.6) is 0 Å². The van der Waals surface area contributed by atoms with Crippen LogP contribution in [0.3, 0.4) is 0 Å². The van der Waals surface area contributed by atoms with Crippen LogP contribution < -0.4 is 10.6 Å². The smallest absolute Gasteiger partial charge is 0.176 e. The second-order valence-electron chi connectivity index (χ2n) is 7.72. The fourth-order valence-electron chi connectivity index (χ4n) is 3.57. The Kier molecular flexibility index (Phi) is 6.58. The van der Waals surface area contributed by atoms with Gasteiger partial charge in [0.15, 0.2) is 10.9 Å². The van der Waals surface area contributed by atoms with Gasteiger partial charge in [-0.25, -0.2) is 0 Å². The Morgan fingerprint density at radius 1 is 0.938 bits per heavy atom. The van der Waals surface area contributed by atoms with Crippen LogP contribution in [0, 0.1) is 20.8 Å². The molecular formula is C24H25ClN6S. The van der Waals surface area contributed by atoms with Gasteiger partial charge in [0.05, 0.1) is 30.2 Å². The number of halogens is 1. The van der Waals surface area contributed by atoms with Gasteiger partial charge in [0.2, 0.25) is 0 Å². The number of hydrogen-bond donors (Lipinski definition) is 2. The van der Waals surface area contributed by atoms with Crippen LogP contribution in [0.1, 0.15) is 28.1 Å². The summed E-state index contributed by atoms with van der Waals surface area (Å²) in [6.07, 6.45) is 1.79. The maximum absolute atomic E-state index is 6.38. The first-order valence-electron chi connectivity index (χ1n) is 10.3. The van der Waals surface area contributed by atoms with Gasteiger partial charge < -0.3 is 10.6 Å². The SMILES string of the molecule is Cc1ccccc1Cn1nc(C)c(NC(=S)Nc2nn(Cc3ccccc3)cc2Cl)c1C. The van der Waals surface area contributed by atoms with Crippen molar-refractivity contribution in [2.75, 3.05) is 10.6 Å². The molecule has 0 saturated heterocycles. The summed E-state index contributed by atoms with van der Waals surface area (Å²) in [7, 11) is 0. The third kappa shape index (κ3) is 5.00. The summed E-state index contributed by atoms with van der Waals surface area (Å²) < 4.78 is 3.78. The molecule has 2 N–H and O–H groups in total. The molecule has 0 aliphatic rings. The van der Waals surface area contributed by atoms with Crippen molar-refractivity contribution in [2.45, 2.75) is 33.9 Å². The van der Waals surface area contributed by atoms with Crippen molar-refractivity contribution < 1.29 is 0 Å². The first kappa shape index (κ1) is 22.0. The largest absolute Gasteiger partial charge is 0.329 e. The maximum atomic E-state index is 6.38. The van der Waals surface area contributed by atoms with Crippen molar-refractivity contribution in [3.63, 3.8) is 0 Å². The summed E-state index contributed by atoms with van der Waals surface area (Å²) in [5, 5.41) is 16.5. The highest BCUT2D eigenvalue weighted by molar-refractivity contribution is 7.80. The third-order valence-corrected chi connectivity index (χ3v) is 5.82. The fraction of sp³-hybridized carbons (Fsp3) is 0.208. The topological polar surface area (TPSA) is 59.7 Å². The number of nitrogens with one attached hydrogen (secondary N) is 2. The second kappa shape index (κ2) is 9.54. The van der Waals surface area contributed by atoms with E-state index in [1.54, 1.807) is 10.9 Å². The summed E-state index contributed by atoms with van der Waals surface area (Å²) in [5.74, 6) is 0.516. The van der Waals surface area contributed by atoms with E-state index in [1.807, 2.05) is 48.9 Å². The van der Waals surface area contributed by atoms with E-state index >= 15 is 0 Å². The van der Waals surface area contributed by atoms with E-state index in [1.165, 1.54) is 11.1 Å². The molecule has 2 aromatic heterocycles. The van der Waals surface area contributed by atoms with Crippen molar-refractivity contribution in [3.05, 3.63) is 93.9 Å². The number of benzene rings is 2. The number of aryl methyl sites for hydroxylation is 2. The van der Waals surface area contributed by atoms with E-state index in [-0.39, 0.29) is 0 Å². The molecule has 0 aliphatic carbocycles. The van der Waals surface area contributed by atoms with Gasteiger partial charge in [0.25, 0.3) is 0 Å². The lowest BCUT2D eigenvalue weighted by molar-refractivity contribution is 0.657. The molecule has 0 radical (unpaired) electrons. The standard InChI is InChI=1S/C24H25ClN6S/c1-16-9-7-8-12-20(16)14-31-18(3)22(17(2)28-31)26-24(32)27-23-21(25)15-30(29-23)13-19-10-5-4-6-11-19/h4-12,15H,13-14H2,1-3H3,(H2,26,27,29,32). The molecule has 0 bridgehead atoms. The summed E-state index contributed by atoms with van der Waals surface area (Å²) >= 11 is 11.9. The highest BCUT2D eigenvalue weighted by Gasteiger charge is 2.15. The number of thiocarbonyl (C=S) groups is 1. The first-order chi connectivity index (χ1) is 15.4. The summed E-state index contributed by atoms with van der Waals surface area (Å²) in [6.45, 7) is 7.45. The molecular weight excluding hydrogens is 440 g/mol. The Morgan fingerprint density at radius 2 is 1.66 bits per heavy atom. The Labute approximate surface area is 198 Å². The van der Waals surface area contributed by atoms with Crippen molar-refractivity contribution in [1.29, 1.82) is 0 Å². The van der Waals surface area contributed by atoms with E-state index in [4.69, 9.17) is 28.9 Å². The zero-order valence-electron chi connectivity index (χ0n) is 18.3. The van der Waals surface area contributed by atoms with Crippen molar-refractivity contribution in [1.82, 2.24) is 19.6 Å². The van der Waals surface area contributed by atoms with E-state index in [9.17, 15) is 0 Å². The fourth-order valence-corrected chi connectivity index (χ4v) is 3.96. The summed E-state index contributed by atoms with van der Waals surface area (Å²) in [4.78, 5) is 0. The number of aromatic nitrogens is 4. The number of anilines is 2. The van der Waals surface area contributed by atoms with Crippen LogP contribution in [0.4, 0.5) is 11.5 Å². The lowest BCUT2D eigenvalue weighted by Crippen LogP contribution is -2.20. The zero-order chi connectivity index (χ0) is 22.7. The van der Waals surface area contributed by atoms with Gasteiger partial charge in [-0.2, -0.15) is 10.2 Å². The van der Waals surface area contributed by atoms with Crippen molar-refractivity contribution >= 4 is 40.4 Å². The van der Waals surface area contributed by atoms with Gasteiger partial charge in [-0.05, 0) is 49.7 Å². The van der Waals surface area contributed by atoms with Crippen LogP contribution in [0.2, 0.25) is 5.02 Å². The van der Waals surface area contributed by atoms with Crippen LogP contribution >= 0.6 is 23.8 Å². The van der Waals surface area contributed by atoms with Gasteiger partial charge >= 0.3 is 0 Å². The molecule has 0 saturated carbocycles. The van der Waals surface area contributed by atoms with Gasteiger partial charge in [0, 0.05) is 6.20 Å². The summed E-state index contributed by atoms with van der Waals surface area (Å²) in [6, 6.07) is 18.4. The minimum atomic E-state index is 0.415. The molecule has 0 fully saturated rings.